The van der Waals surface area contributed by atoms with Gasteiger partial charge in [-0.15, -0.1) is 0 Å². The number of amides is 1. The number of carbonyl (C=O) groups excluding carboxylic acids is 1. The van der Waals surface area contributed by atoms with Crippen LogP contribution in [0.2, 0.25) is 25.1 Å². The highest BCUT2D eigenvalue weighted by Gasteiger charge is 2.21. The van der Waals surface area contributed by atoms with Crippen molar-refractivity contribution in [3.8, 4) is 5.75 Å². The predicted octanol–water partition coefficient (Wildman–Crippen LogP) is 6.20. The molecule has 0 aliphatic rings. The highest BCUT2D eigenvalue weighted by Crippen LogP contribution is 2.48. The van der Waals surface area contributed by atoms with E-state index in [-0.39, 0.29) is 49.1 Å². The molecule has 0 atom stereocenters. The molecule has 154 valence electrons. The first-order valence-electron chi connectivity index (χ1n) is 8.53. The maximum atomic E-state index is 12.2. The summed E-state index contributed by atoms with van der Waals surface area (Å²) in [5, 5.41) is 3.04. The lowest BCUT2D eigenvalue weighted by atomic mass is 10.3. The van der Waals surface area contributed by atoms with Gasteiger partial charge in [-0.1, -0.05) is 71.9 Å². The van der Waals surface area contributed by atoms with Crippen molar-refractivity contribution in [2.24, 2.45) is 0 Å². The lowest BCUT2D eigenvalue weighted by Crippen LogP contribution is -2.34. The zero-order chi connectivity index (χ0) is 20.8. The zero-order valence-electron chi connectivity index (χ0n) is 15.3. The Kier molecular flexibility index (Phi) is 9.06. The Balaban J connectivity index is 1.98. The lowest BCUT2D eigenvalue weighted by Gasteiger charge is -2.17. The minimum atomic E-state index is -0.299. The molecule has 0 aliphatic heterocycles. The van der Waals surface area contributed by atoms with Crippen LogP contribution in [0.5, 0.6) is 5.75 Å². The number of halogens is 5. The molecule has 1 N–H and O–H groups in total. The van der Waals surface area contributed by atoms with Gasteiger partial charge in [0.25, 0.3) is 5.91 Å². The Bertz CT molecular complexity index is 808. The largest absolute Gasteiger partial charge is 0.482 e. The molecule has 0 spiro atoms. The third-order valence-electron chi connectivity index (χ3n) is 4.02. The van der Waals surface area contributed by atoms with Crippen LogP contribution < -0.4 is 10.1 Å². The Hall–Kier alpha value is -0.820. The average Bonchev–Trinajstić information content (AvgIpc) is 3.17. The summed E-state index contributed by atoms with van der Waals surface area (Å²) < 4.78 is 11.1. The van der Waals surface area contributed by atoms with Crippen molar-refractivity contribution >= 4 is 63.9 Å². The first-order valence-corrected chi connectivity index (χ1v) is 10.4. The number of carbonyl (C=O) groups is 1. The van der Waals surface area contributed by atoms with Crippen LogP contribution in [0.4, 0.5) is 0 Å². The van der Waals surface area contributed by atoms with Gasteiger partial charge in [-0.3, -0.25) is 4.79 Å². The number of rotatable bonds is 9. The quantitative estimate of drug-likeness (QED) is 0.337. The monoisotopic (exact) mass is 486 g/mol. The van der Waals surface area contributed by atoms with Crippen molar-refractivity contribution < 1.29 is 13.9 Å². The lowest BCUT2D eigenvalue weighted by molar-refractivity contribution is 0.0917. The smallest absolute Gasteiger partial charge is 0.287 e. The molecule has 0 radical (unpaired) electrons. The fourth-order valence-corrected chi connectivity index (χ4v) is 3.62. The molecule has 1 aromatic carbocycles. The minimum absolute atomic E-state index is 0.0273. The van der Waals surface area contributed by atoms with E-state index < -0.39 is 0 Å². The number of ether oxygens (including phenoxy) is 1. The van der Waals surface area contributed by atoms with E-state index in [1.165, 1.54) is 0 Å². The fourth-order valence-electron chi connectivity index (χ4n) is 2.39. The van der Waals surface area contributed by atoms with Gasteiger partial charge in [0, 0.05) is 13.1 Å². The predicted molar refractivity (Wildman–Crippen MR) is 115 cm³/mol. The van der Waals surface area contributed by atoms with Crippen molar-refractivity contribution in [3.05, 3.63) is 48.8 Å². The molecule has 5 nitrogen and oxygen atoms in total. The third-order valence-corrected chi connectivity index (χ3v) is 6.26. The number of nitrogens with one attached hydrogen (secondary N) is 1. The molecule has 28 heavy (non-hydrogen) atoms. The molecular weight excluding hydrogens is 469 g/mol. The summed E-state index contributed by atoms with van der Waals surface area (Å²) in [5.41, 5.74) is 0. The Morgan fingerprint density at radius 1 is 1.00 bits per heavy atom. The number of furan rings is 1. The van der Waals surface area contributed by atoms with Crippen molar-refractivity contribution in [2.75, 3.05) is 26.2 Å². The van der Waals surface area contributed by atoms with Crippen molar-refractivity contribution in [3.63, 3.8) is 0 Å². The van der Waals surface area contributed by atoms with Crippen LogP contribution in [0.3, 0.4) is 0 Å². The van der Waals surface area contributed by atoms with Crippen LogP contribution in [0, 0.1) is 0 Å². The first-order chi connectivity index (χ1) is 13.3. The number of likely N-dealkylation sites (N-methyl/N-ethyl adjacent to an activating group) is 1. The summed E-state index contributed by atoms with van der Waals surface area (Å²) in [6.45, 7) is 7.27. The van der Waals surface area contributed by atoms with Crippen LogP contribution in [-0.4, -0.2) is 37.0 Å². The molecule has 0 saturated heterocycles. The molecule has 0 bridgehead atoms. The summed E-state index contributed by atoms with van der Waals surface area (Å²) in [4.78, 5) is 14.4. The first kappa shape index (κ1) is 23.5. The van der Waals surface area contributed by atoms with E-state index >= 15 is 0 Å². The molecule has 2 aromatic rings. The van der Waals surface area contributed by atoms with Gasteiger partial charge in [-0.05, 0) is 25.2 Å². The summed E-state index contributed by atoms with van der Waals surface area (Å²) in [6, 6.07) is 3.19. The average molecular weight is 489 g/mol. The molecule has 0 fully saturated rings. The van der Waals surface area contributed by atoms with E-state index in [1.54, 1.807) is 12.1 Å². The van der Waals surface area contributed by atoms with Crippen LogP contribution in [-0.2, 0) is 6.61 Å². The standard InChI is InChI=1S/C18H19Cl5N2O3/c1-3-25(4-2)8-7-24-18(26)11-6-5-10(28-11)9-27-17-15(22)13(20)12(19)14(21)16(17)23/h5-6H,3-4,7-9H2,1-2H3,(H,24,26). The fraction of sp³-hybridized carbons (Fsp3) is 0.389. The van der Waals surface area contributed by atoms with Gasteiger partial charge < -0.3 is 19.4 Å². The van der Waals surface area contributed by atoms with Gasteiger partial charge >= 0.3 is 0 Å². The van der Waals surface area contributed by atoms with E-state index in [1.807, 2.05) is 0 Å². The van der Waals surface area contributed by atoms with E-state index in [2.05, 4.69) is 24.1 Å². The third kappa shape index (κ3) is 5.62. The molecule has 0 saturated carbocycles. The highest BCUT2D eigenvalue weighted by atomic mass is 35.5. The second-order valence-corrected chi connectivity index (χ2v) is 7.63. The summed E-state index contributed by atoms with van der Waals surface area (Å²) in [5.74, 6) is 0.377. The van der Waals surface area contributed by atoms with Gasteiger partial charge in [-0.2, -0.15) is 0 Å². The van der Waals surface area contributed by atoms with Gasteiger partial charge in [0.15, 0.2) is 11.5 Å². The molecule has 1 amide bonds. The van der Waals surface area contributed by atoms with Crippen LogP contribution in [0.15, 0.2) is 16.5 Å². The molecule has 1 heterocycles. The molecule has 0 aliphatic carbocycles. The minimum Gasteiger partial charge on any atom is -0.482 e. The maximum absolute atomic E-state index is 12.2. The summed E-state index contributed by atoms with van der Waals surface area (Å²) >= 11 is 30.2. The number of benzene rings is 1. The number of nitrogens with zero attached hydrogens (tertiary/aromatic N) is 1. The molecule has 1 aromatic heterocycles. The van der Waals surface area contributed by atoms with Gasteiger partial charge in [0.2, 0.25) is 0 Å². The van der Waals surface area contributed by atoms with Crippen molar-refractivity contribution in [1.29, 1.82) is 0 Å². The summed E-state index contributed by atoms with van der Waals surface area (Å²) in [7, 11) is 0. The van der Waals surface area contributed by atoms with E-state index in [4.69, 9.17) is 67.2 Å². The van der Waals surface area contributed by atoms with E-state index in [0.29, 0.717) is 12.3 Å². The van der Waals surface area contributed by atoms with Gasteiger partial charge in [-0.25, -0.2) is 0 Å². The second-order valence-electron chi connectivity index (χ2n) is 5.74. The molecule has 2 rings (SSSR count). The Labute approximate surface area is 188 Å². The second kappa shape index (κ2) is 10.8. The molecular formula is C18H19Cl5N2O3. The summed E-state index contributed by atoms with van der Waals surface area (Å²) in [6.07, 6.45) is 0. The van der Waals surface area contributed by atoms with Crippen LogP contribution in [0.1, 0.15) is 30.2 Å². The number of hydrogen-bond acceptors (Lipinski definition) is 4. The highest BCUT2D eigenvalue weighted by molar-refractivity contribution is 6.55. The zero-order valence-corrected chi connectivity index (χ0v) is 19.0. The number of hydrogen-bond donors (Lipinski definition) is 1. The SMILES string of the molecule is CCN(CC)CCNC(=O)c1ccc(COc2c(Cl)c(Cl)c(Cl)c(Cl)c2Cl)o1. The molecule has 10 heteroatoms. The van der Waals surface area contributed by atoms with Crippen LogP contribution in [0.25, 0.3) is 0 Å². The maximum Gasteiger partial charge on any atom is 0.287 e. The normalized spacial score (nSPS) is 11.1. The van der Waals surface area contributed by atoms with Gasteiger partial charge in [0.1, 0.15) is 22.4 Å². The molecule has 0 unspecified atom stereocenters. The van der Waals surface area contributed by atoms with Gasteiger partial charge in [0.05, 0.1) is 15.1 Å². The topological polar surface area (TPSA) is 54.7 Å². The van der Waals surface area contributed by atoms with E-state index in [9.17, 15) is 4.79 Å². The van der Waals surface area contributed by atoms with E-state index in [0.717, 1.165) is 19.6 Å². The van der Waals surface area contributed by atoms with Crippen molar-refractivity contribution in [2.45, 2.75) is 20.5 Å². The van der Waals surface area contributed by atoms with Crippen molar-refractivity contribution in [1.82, 2.24) is 10.2 Å². The Morgan fingerprint density at radius 3 is 2.14 bits per heavy atom. The Morgan fingerprint density at radius 2 is 1.57 bits per heavy atom. The van der Waals surface area contributed by atoms with Crippen LogP contribution >= 0.6 is 58.0 Å².